The van der Waals surface area contributed by atoms with Crippen LogP contribution in [-0.2, 0) is 17.8 Å². The fourth-order valence-electron chi connectivity index (χ4n) is 2.78. The third-order valence-corrected chi connectivity index (χ3v) is 3.95. The van der Waals surface area contributed by atoms with E-state index < -0.39 is 0 Å². The molecule has 0 aliphatic heterocycles. The third kappa shape index (κ3) is 6.00. The molecule has 2 heteroatoms. The van der Waals surface area contributed by atoms with Crippen molar-refractivity contribution in [1.29, 1.82) is 0 Å². The van der Waals surface area contributed by atoms with Crippen LogP contribution in [-0.4, -0.2) is 17.8 Å². The number of aliphatic hydroxyl groups is 1. The highest BCUT2D eigenvalue weighted by atomic mass is 16.5. The van der Waals surface area contributed by atoms with Crippen molar-refractivity contribution in [3.63, 3.8) is 0 Å². The first-order chi connectivity index (χ1) is 10.8. The Bertz CT molecular complexity index is 510. The van der Waals surface area contributed by atoms with Crippen LogP contribution < -0.4 is 0 Å². The average Bonchev–Trinajstić information content (AvgIpc) is 2.55. The summed E-state index contributed by atoms with van der Waals surface area (Å²) < 4.78 is 5.96. The van der Waals surface area contributed by atoms with E-state index in [9.17, 15) is 5.11 Å². The Labute approximate surface area is 133 Å². The van der Waals surface area contributed by atoms with Gasteiger partial charge in [-0.2, -0.15) is 0 Å². The highest BCUT2D eigenvalue weighted by Crippen LogP contribution is 2.19. The minimum absolute atomic E-state index is 0.195. The van der Waals surface area contributed by atoms with Gasteiger partial charge in [0.15, 0.2) is 0 Å². The van der Waals surface area contributed by atoms with Gasteiger partial charge in [0, 0.05) is 6.61 Å². The molecule has 2 nitrogen and oxygen atoms in total. The van der Waals surface area contributed by atoms with Crippen molar-refractivity contribution in [3.8, 4) is 0 Å². The molecule has 0 spiro atoms. The van der Waals surface area contributed by atoms with Crippen molar-refractivity contribution in [1.82, 2.24) is 0 Å². The van der Waals surface area contributed by atoms with Crippen molar-refractivity contribution in [2.24, 2.45) is 5.92 Å². The Hall–Kier alpha value is -1.64. The molecule has 2 aromatic rings. The molecule has 0 heterocycles. The normalized spacial score (nSPS) is 13.7. The van der Waals surface area contributed by atoms with Gasteiger partial charge in [-0.25, -0.2) is 0 Å². The topological polar surface area (TPSA) is 29.5 Å². The molecule has 2 atom stereocenters. The number of rotatable bonds is 9. The van der Waals surface area contributed by atoms with Crippen LogP contribution in [0.15, 0.2) is 60.7 Å². The SMILES string of the molecule is CC(CC(CCO)Cc1ccccc1)OCc1ccccc1. The lowest BCUT2D eigenvalue weighted by atomic mass is 9.91. The summed E-state index contributed by atoms with van der Waals surface area (Å²) in [4.78, 5) is 0. The predicted octanol–water partition coefficient (Wildman–Crippen LogP) is 4.22. The van der Waals surface area contributed by atoms with Gasteiger partial charge >= 0.3 is 0 Å². The lowest BCUT2D eigenvalue weighted by molar-refractivity contribution is 0.0338. The van der Waals surface area contributed by atoms with Gasteiger partial charge in [0.2, 0.25) is 0 Å². The summed E-state index contributed by atoms with van der Waals surface area (Å²) in [5.74, 6) is 0.457. The molecule has 0 aliphatic carbocycles. The van der Waals surface area contributed by atoms with E-state index in [0.717, 1.165) is 19.3 Å². The standard InChI is InChI=1S/C20H26O2/c1-17(22-16-19-10-6-3-7-11-19)14-20(12-13-21)15-18-8-4-2-5-9-18/h2-11,17,20-21H,12-16H2,1H3. The summed E-state index contributed by atoms with van der Waals surface area (Å²) in [6, 6.07) is 20.7. The highest BCUT2D eigenvalue weighted by molar-refractivity contribution is 5.15. The first-order valence-electron chi connectivity index (χ1n) is 8.08. The van der Waals surface area contributed by atoms with E-state index in [1.54, 1.807) is 0 Å². The molecule has 0 aliphatic rings. The molecule has 0 fully saturated rings. The first kappa shape index (κ1) is 16.7. The van der Waals surface area contributed by atoms with Gasteiger partial charge in [-0.3, -0.25) is 0 Å². The summed E-state index contributed by atoms with van der Waals surface area (Å²) in [7, 11) is 0. The van der Waals surface area contributed by atoms with E-state index in [-0.39, 0.29) is 12.7 Å². The smallest absolute Gasteiger partial charge is 0.0720 e. The van der Waals surface area contributed by atoms with E-state index in [0.29, 0.717) is 12.5 Å². The molecule has 22 heavy (non-hydrogen) atoms. The molecule has 0 bridgehead atoms. The molecular weight excluding hydrogens is 272 g/mol. The lowest BCUT2D eigenvalue weighted by Crippen LogP contribution is -2.17. The second-order valence-electron chi connectivity index (χ2n) is 5.91. The Morgan fingerprint density at radius 2 is 1.50 bits per heavy atom. The zero-order valence-corrected chi connectivity index (χ0v) is 13.3. The van der Waals surface area contributed by atoms with Crippen LogP contribution in [0.25, 0.3) is 0 Å². The molecule has 118 valence electrons. The van der Waals surface area contributed by atoms with Crippen LogP contribution in [0.5, 0.6) is 0 Å². The molecule has 0 amide bonds. The lowest BCUT2D eigenvalue weighted by Gasteiger charge is -2.21. The maximum atomic E-state index is 9.29. The largest absolute Gasteiger partial charge is 0.396 e. The van der Waals surface area contributed by atoms with Crippen LogP contribution in [0.4, 0.5) is 0 Å². The first-order valence-corrected chi connectivity index (χ1v) is 8.08. The van der Waals surface area contributed by atoms with Gasteiger partial charge in [-0.1, -0.05) is 60.7 Å². The maximum absolute atomic E-state index is 9.29. The van der Waals surface area contributed by atoms with Crippen LogP contribution in [0.3, 0.4) is 0 Å². The predicted molar refractivity (Wildman–Crippen MR) is 90.6 cm³/mol. The van der Waals surface area contributed by atoms with Crippen molar-refractivity contribution < 1.29 is 9.84 Å². The second kappa shape index (κ2) is 9.39. The molecular formula is C20H26O2. The van der Waals surface area contributed by atoms with E-state index in [2.05, 4.69) is 43.3 Å². The van der Waals surface area contributed by atoms with Crippen LogP contribution in [0.1, 0.15) is 30.9 Å². The summed E-state index contributed by atoms with van der Waals surface area (Å²) in [5, 5.41) is 9.29. The Morgan fingerprint density at radius 1 is 0.909 bits per heavy atom. The molecule has 2 aromatic carbocycles. The quantitative estimate of drug-likeness (QED) is 0.751. The van der Waals surface area contributed by atoms with Crippen LogP contribution >= 0.6 is 0 Å². The van der Waals surface area contributed by atoms with E-state index >= 15 is 0 Å². The molecule has 2 rings (SSSR count). The molecule has 0 saturated carbocycles. The fourth-order valence-corrected chi connectivity index (χ4v) is 2.78. The summed E-state index contributed by atoms with van der Waals surface area (Å²) in [6.07, 6.45) is 3.00. The minimum Gasteiger partial charge on any atom is -0.396 e. The van der Waals surface area contributed by atoms with Gasteiger partial charge in [0.05, 0.1) is 12.7 Å². The molecule has 1 N–H and O–H groups in total. The van der Waals surface area contributed by atoms with Crippen LogP contribution in [0.2, 0.25) is 0 Å². The Balaban J connectivity index is 1.81. The molecule has 2 unspecified atom stereocenters. The average molecular weight is 298 g/mol. The number of aliphatic hydroxyl groups excluding tert-OH is 1. The Morgan fingerprint density at radius 3 is 2.09 bits per heavy atom. The van der Waals surface area contributed by atoms with Crippen molar-refractivity contribution in [2.45, 2.75) is 38.9 Å². The maximum Gasteiger partial charge on any atom is 0.0720 e. The zero-order chi connectivity index (χ0) is 15.6. The summed E-state index contributed by atoms with van der Waals surface area (Å²) in [6.45, 7) is 3.01. The van der Waals surface area contributed by atoms with E-state index in [4.69, 9.17) is 4.74 Å². The highest BCUT2D eigenvalue weighted by Gasteiger charge is 2.14. The van der Waals surface area contributed by atoms with Gasteiger partial charge in [0.1, 0.15) is 0 Å². The van der Waals surface area contributed by atoms with Crippen LogP contribution in [0, 0.1) is 5.92 Å². The zero-order valence-electron chi connectivity index (χ0n) is 13.3. The van der Waals surface area contributed by atoms with Gasteiger partial charge < -0.3 is 9.84 Å². The van der Waals surface area contributed by atoms with E-state index in [1.807, 2.05) is 24.3 Å². The van der Waals surface area contributed by atoms with Crippen molar-refractivity contribution in [3.05, 3.63) is 71.8 Å². The number of benzene rings is 2. The number of ether oxygens (including phenoxy) is 1. The minimum atomic E-state index is 0.195. The monoisotopic (exact) mass is 298 g/mol. The number of hydrogen-bond acceptors (Lipinski definition) is 2. The molecule has 0 radical (unpaired) electrons. The van der Waals surface area contributed by atoms with E-state index in [1.165, 1.54) is 11.1 Å². The fraction of sp³-hybridized carbons (Fsp3) is 0.400. The summed E-state index contributed by atoms with van der Waals surface area (Å²) in [5.41, 5.74) is 2.53. The molecule has 0 saturated heterocycles. The second-order valence-corrected chi connectivity index (χ2v) is 5.91. The third-order valence-electron chi connectivity index (χ3n) is 3.95. The summed E-state index contributed by atoms with van der Waals surface area (Å²) >= 11 is 0. The van der Waals surface area contributed by atoms with Crippen molar-refractivity contribution >= 4 is 0 Å². The van der Waals surface area contributed by atoms with Gasteiger partial charge in [0.25, 0.3) is 0 Å². The molecule has 0 aromatic heterocycles. The number of hydrogen-bond donors (Lipinski definition) is 1. The Kier molecular flexibility index (Phi) is 7.14. The van der Waals surface area contributed by atoms with Gasteiger partial charge in [-0.15, -0.1) is 0 Å². The van der Waals surface area contributed by atoms with Gasteiger partial charge in [-0.05, 0) is 43.2 Å². The van der Waals surface area contributed by atoms with Crippen molar-refractivity contribution in [2.75, 3.05) is 6.61 Å².